The number of benzene rings is 4. The Bertz CT molecular complexity index is 1170. The first-order valence-electron chi connectivity index (χ1n) is 9.64. The van der Waals surface area contributed by atoms with Gasteiger partial charge < -0.3 is 4.98 Å². The minimum absolute atomic E-state index is 0.0752. The maximum Gasteiger partial charge on any atom is 0.193 e. The lowest BCUT2D eigenvalue weighted by Crippen LogP contribution is -1.99. The Labute approximate surface area is 176 Å². The van der Waals surface area contributed by atoms with Crippen LogP contribution in [0.4, 0.5) is 0 Å². The summed E-state index contributed by atoms with van der Waals surface area (Å²) in [7, 11) is 0. The number of carbonyl (C=O) groups is 1. The highest BCUT2D eigenvalue weighted by Crippen LogP contribution is 2.24. The number of rotatable bonds is 2. The highest BCUT2D eigenvalue weighted by atomic mass is 16.1. The van der Waals surface area contributed by atoms with Crippen LogP contribution in [-0.2, 0) is 0 Å². The van der Waals surface area contributed by atoms with Crippen LogP contribution in [0.25, 0.3) is 21.8 Å². The number of fused-ring (bicyclic) bond motifs is 3. The maximum atomic E-state index is 11.8. The molecule has 5 aromatic rings. The van der Waals surface area contributed by atoms with Gasteiger partial charge in [-0.25, -0.2) is 0 Å². The number of carbonyl (C=O) groups excluding carboxylic acids is 1. The van der Waals surface area contributed by atoms with Gasteiger partial charge in [-0.2, -0.15) is 0 Å². The summed E-state index contributed by atoms with van der Waals surface area (Å²) in [5.74, 6) is 0.0752. The SMILES string of the molecule is C=C=C.O=C(c1ccccc1)c1ccccc1.c1ccc2c(c1)[nH]c1ccccc12. The highest BCUT2D eigenvalue weighted by molar-refractivity contribution is 6.09. The normalized spacial score (nSPS) is 9.60. The van der Waals surface area contributed by atoms with Crippen molar-refractivity contribution in [2.24, 2.45) is 0 Å². The molecule has 0 aliphatic heterocycles. The predicted octanol–water partition coefficient (Wildman–Crippen LogP) is 7.20. The molecule has 0 atom stereocenters. The van der Waals surface area contributed by atoms with Crippen LogP contribution in [0.5, 0.6) is 0 Å². The second-order valence-corrected chi connectivity index (χ2v) is 6.53. The summed E-state index contributed by atoms with van der Waals surface area (Å²) in [4.78, 5) is 15.2. The summed E-state index contributed by atoms with van der Waals surface area (Å²) in [6.07, 6.45) is 0. The molecule has 0 saturated heterocycles. The minimum atomic E-state index is 0.0752. The van der Waals surface area contributed by atoms with Crippen molar-refractivity contribution in [3.8, 4) is 0 Å². The molecule has 146 valence electrons. The number of hydrogen-bond acceptors (Lipinski definition) is 1. The molecule has 0 aliphatic carbocycles. The topological polar surface area (TPSA) is 32.9 Å². The third kappa shape index (κ3) is 5.02. The number of aromatic nitrogens is 1. The maximum absolute atomic E-state index is 11.8. The predicted molar refractivity (Wildman–Crippen MR) is 127 cm³/mol. The second kappa shape index (κ2) is 10.4. The van der Waals surface area contributed by atoms with Crippen molar-refractivity contribution >= 4 is 27.6 Å². The number of para-hydroxylation sites is 2. The molecule has 0 radical (unpaired) electrons. The van der Waals surface area contributed by atoms with Gasteiger partial charge in [0.25, 0.3) is 0 Å². The molecule has 0 unspecified atom stereocenters. The fourth-order valence-electron chi connectivity index (χ4n) is 3.14. The molecule has 0 bridgehead atoms. The van der Waals surface area contributed by atoms with Crippen LogP contribution < -0.4 is 0 Å². The van der Waals surface area contributed by atoms with E-state index in [9.17, 15) is 4.79 Å². The summed E-state index contributed by atoms with van der Waals surface area (Å²) in [6.45, 7) is 6.25. The lowest BCUT2D eigenvalue weighted by molar-refractivity contribution is 0.103. The Morgan fingerprint density at radius 3 is 1.30 bits per heavy atom. The van der Waals surface area contributed by atoms with E-state index < -0.39 is 0 Å². The van der Waals surface area contributed by atoms with E-state index in [1.54, 1.807) is 0 Å². The molecule has 5 rings (SSSR count). The number of hydrogen-bond donors (Lipinski definition) is 1. The zero-order valence-electron chi connectivity index (χ0n) is 16.7. The van der Waals surface area contributed by atoms with Crippen molar-refractivity contribution in [2.45, 2.75) is 0 Å². The van der Waals surface area contributed by atoms with Crippen LogP contribution in [-0.4, -0.2) is 10.8 Å². The molecule has 0 spiro atoms. The molecular formula is C28H23NO. The molecule has 0 amide bonds. The zero-order valence-corrected chi connectivity index (χ0v) is 16.7. The van der Waals surface area contributed by atoms with Crippen LogP contribution in [0.15, 0.2) is 128 Å². The van der Waals surface area contributed by atoms with E-state index in [2.05, 4.69) is 72.4 Å². The van der Waals surface area contributed by atoms with Gasteiger partial charge in [0, 0.05) is 32.9 Å². The quantitative estimate of drug-likeness (QED) is 0.251. The summed E-state index contributed by atoms with van der Waals surface area (Å²) >= 11 is 0. The second-order valence-electron chi connectivity index (χ2n) is 6.53. The van der Waals surface area contributed by atoms with Crippen LogP contribution in [0.2, 0.25) is 0 Å². The van der Waals surface area contributed by atoms with Gasteiger partial charge in [-0.1, -0.05) is 110 Å². The molecule has 0 fully saturated rings. The Morgan fingerprint density at radius 2 is 0.900 bits per heavy atom. The minimum Gasteiger partial charge on any atom is -0.355 e. The number of aromatic amines is 1. The van der Waals surface area contributed by atoms with Crippen LogP contribution in [0, 0.1) is 0 Å². The highest BCUT2D eigenvalue weighted by Gasteiger charge is 2.06. The Kier molecular flexibility index (Phi) is 7.16. The van der Waals surface area contributed by atoms with E-state index in [-0.39, 0.29) is 5.78 Å². The fraction of sp³-hybridized carbons (Fsp3) is 0. The van der Waals surface area contributed by atoms with Crippen LogP contribution >= 0.6 is 0 Å². The zero-order chi connectivity index (χ0) is 21.2. The first-order valence-corrected chi connectivity index (χ1v) is 9.64. The van der Waals surface area contributed by atoms with Gasteiger partial charge in [-0.05, 0) is 12.1 Å². The first kappa shape index (κ1) is 20.6. The average Bonchev–Trinajstić information content (AvgIpc) is 3.19. The van der Waals surface area contributed by atoms with E-state index in [1.165, 1.54) is 21.8 Å². The van der Waals surface area contributed by atoms with Crippen molar-refractivity contribution in [3.05, 3.63) is 139 Å². The molecule has 1 heterocycles. The fourth-order valence-corrected chi connectivity index (χ4v) is 3.14. The van der Waals surface area contributed by atoms with Crippen LogP contribution in [0.3, 0.4) is 0 Å². The number of nitrogens with one attached hydrogen (secondary N) is 1. The third-order valence-corrected chi connectivity index (χ3v) is 4.49. The largest absolute Gasteiger partial charge is 0.355 e. The Hall–Kier alpha value is -4.13. The van der Waals surface area contributed by atoms with E-state index in [0.29, 0.717) is 0 Å². The Morgan fingerprint density at radius 1 is 0.567 bits per heavy atom. The smallest absolute Gasteiger partial charge is 0.193 e. The summed E-state index contributed by atoms with van der Waals surface area (Å²) in [6, 6.07) is 35.4. The molecule has 30 heavy (non-hydrogen) atoms. The first-order chi connectivity index (χ1) is 14.7. The van der Waals surface area contributed by atoms with Gasteiger partial charge in [0.2, 0.25) is 0 Å². The van der Waals surface area contributed by atoms with E-state index in [0.717, 1.165) is 11.1 Å². The van der Waals surface area contributed by atoms with Crippen molar-refractivity contribution < 1.29 is 4.79 Å². The molecule has 0 aliphatic rings. The summed E-state index contributed by atoms with van der Waals surface area (Å²) < 4.78 is 0. The summed E-state index contributed by atoms with van der Waals surface area (Å²) in [5.41, 5.74) is 6.14. The van der Waals surface area contributed by atoms with E-state index in [1.807, 2.05) is 60.7 Å². The van der Waals surface area contributed by atoms with E-state index >= 15 is 0 Å². The van der Waals surface area contributed by atoms with Crippen molar-refractivity contribution in [1.29, 1.82) is 0 Å². The van der Waals surface area contributed by atoms with E-state index in [4.69, 9.17) is 0 Å². The molecule has 1 N–H and O–H groups in total. The van der Waals surface area contributed by atoms with Gasteiger partial charge >= 0.3 is 0 Å². The molecule has 4 aromatic carbocycles. The van der Waals surface area contributed by atoms with Gasteiger partial charge in [0.05, 0.1) is 0 Å². The van der Waals surface area contributed by atoms with Gasteiger partial charge in [-0.15, -0.1) is 5.73 Å². The molecule has 0 saturated carbocycles. The number of ketones is 1. The lowest BCUT2D eigenvalue weighted by atomic mass is 10.0. The molecular weight excluding hydrogens is 366 g/mol. The molecule has 2 heteroatoms. The van der Waals surface area contributed by atoms with Gasteiger partial charge in [0.15, 0.2) is 5.78 Å². The van der Waals surface area contributed by atoms with Crippen molar-refractivity contribution in [2.75, 3.05) is 0 Å². The Balaban J connectivity index is 0.000000152. The third-order valence-electron chi connectivity index (χ3n) is 4.49. The van der Waals surface area contributed by atoms with Crippen molar-refractivity contribution in [1.82, 2.24) is 4.98 Å². The summed E-state index contributed by atoms with van der Waals surface area (Å²) in [5, 5.41) is 2.61. The standard InChI is InChI=1S/C13H10O.C12H9N.C3H4/c14-13(11-7-3-1-4-8-11)12-9-5-2-6-10-12;1-3-7-11-9(5-1)10-6-2-4-8-12(10)13-11;1-3-2/h1-10H;1-8,13H;1-2H2. The van der Waals surface area contributed by atoms with Gasteiger partial charge in [0.1, 0.15) is 0 Å². The average molecular weight is 389 g/mol. The lowest BCUT2D eigenvalue weighted by Gasteiger charge is -1.99. The van der Waals surface area contributed by atoms with Crippen molar-refractivity contribution in [3.63, 3.8) is 0 Å². The van der Waals surface area contributed by atoms with Crippen LogP contribution in [0.1, 0.15) is 15.9 Å². The number of H-pyrrole nitrogens is 1. The molecule has 2 nitrogen and oxygen atoms in total. The monoisotopic (exact) mass is 389 g/mol. The molecule has 1 aromatic heterocycles. The van der Waals surface area contributed by atoms with Gasteiger partial charge in [-0.3, -0.25) is 4.79 Å².